The average molecular weight is 294 g/mol. The molecule has 88 valence electrons. The maximum atomic E-state index is 11.7. The molecule has 0 spiro atoms. The van der Waals surface area contributed by atoms with Crippen LogP contribution in [0.5, 0.6) is 0 Å². The minimum atomic E-state index is 0.126. The second-order valence-electron chi connectivity index (χ2n) is 4.40. The van der Waals surface area contributed by atoms with Crippen molar-refractivity contribution in [1.82, 2.24) is 9.38 Å². The van der Waals surface area contributed by atoms with Gasteiger partial charge in [0.05, 0.1) is 11.4 Å². The second kappa shape index (κ2) is 3.84. The highest BCUT2D eigenvalue weighted by Gasteiger charge is 2.29. The van der Waals surface area contributed by atoms with Crippen molar-refractivity contribution in [1.29, 1.82) is 0 Å². The zero-order valence-electron chi connectivity index (χ0n) is 9.40. The Labute approximate surface area is 107 Å². The van der Waals surface area contributed by atoms with Crippen LogP contribution in [0.2, 0.25) is 0 Å². The molecule has 0 atom stereocenters. The monoisotopic (exact) mass is 293 g/mol. The molecule has 17 heavy (non-hydrogen) atoms. The number of halogens is 1. The molecule has 1 N–H and O–H groups in total. The van der Waals surface area contributed by atoms with E-state index in [1.165, 1.54) is 0 Å². The lowest BCUT2D eigenvalue weighted by molar-refractivity contribution is -0.117. The molecule has 2 heterocycles. The molecule has 1 amide bonds. The van der Waals surface area contributed by atoms with Crippen molar-refractivity contribution in [2.45, 2.75) is 19.8 Å². The number of aryl methyl sites for hydroxylation is 1. The van der Waals surface area contributed by atoms with E-state index in [9.17, 15) is 4.79 Å². The SMILES string of the molecule is Cc1c(Br)nc2ccc(NC(=O)C3CC3)cn12. The molecular weight excluding hydrogens is 282 g/mol. The number of hydrogen-bond acceptors (Lipinski definition) is 2. The van der Waals surface area contributed by atoms with Gasteiger partial charge in [0.2, 0.25) is 5.91 Å². The van der Waals surface area contributed by atoms with Gasteiger partial charge in [0, 0.05) is 12.1 Å². The summed E-state index contributed by atoms with van der Waals surface area (Å²) in [6.45, 7) is 1.98. The number of imidazole rings is 1. The van der Waals surface area contributed by atoms with Crippen LogP contribution in [0.3, 0.4) is 0 Å². The van der Waals surface area contributed by atoms with Gasteiger partial charge in [-0.05, 0) is 47.8 Å². The second-order valence-corrected chi connectivity index (χ2v) is 5.15. The molecule has 5 heteroatoms. The van der Waals surface area contributed by atoms with E-state index >= 15 is 0 Å². The first-order valence-corrected chi connectivity index (χ1v) is 6.39. The standard InChI is InChI=1S/C12H12BrN3O/c1-7-11(13)15-10-5-4-9(6-16(7)10)14-12(17)8-2-3-8/h4-6,8H,2-3H2,1H3,(H,14,17). The Morgan fingerprint density at radius 1 is 1.53 bits per heavy atom. The molecule has 1 saturated carbocycles. The van der Waals surface area contributed by atoms with E-state index in [0.717, 1.165) is 34.5 Å². The fourth-order valence-corrected chi connectivity index (χ4v) is 2.17. The highest BCUT2D eigenvalue weighted by molar-refractivity contribution is 9.10. The third kappa shape index (κ3) is 1.95. The van der Waals surface area contributed by atoms with E-state index in [0.29, 0.717) is 0 Å². The molecule has 0 aromatic carbocycles. The molecule has 4 nitrogen and oxygen atoms in total. The summed E-state index contributed by atoms with van der Waals surface area (Å²) < 4.78 is 2.80. The van der Waals surface area contributed by atoms with E-state index in [2.05, 4.69) is 26.2 Å². The summed E-state index contributed by atoms with van der Waals surface area (Å²) in [5.74, 6) is 0.350. The topological polar surface area (TPSA) is 46.4 Å². The van der Waals surface area contributed by atoms with Crippen LogP contribution in [0.15, 0.2) is 22.9 Å². The number of rotatable bonds is 2. The number of amides is 1. The fourth-order valence-electron chi connectivity index (χ4n) is 1.80. The minimum Gasteiger partial charge on any atom is -0.325 e. The van der Waals surface area contributed by atoms with Gasteiger partial charge in [-0.3, -0.25) is 4.79 Å². The van der Waals surface area contributed by atoms with Crippen molar-refractivity contribution in [3.8, 4) is 0 Å². The van der Waals surface area contributed by atoms with Crippen LogP contribution in [0, 0.1) is 12.8 Å². The first-order chi connectivity index (χ1) is 8.15. The average Bonchev–Trinajstić information content (AvgIpc) is 3.10. The van der Waals surface area contributed by atoms with Crippen molar-refractivity contribution in [3.63, 3.8) is 0 Å². The number of hydrogen-bond donors (Lipinski definition) is 1. The van der Waals surface area contributed by atoms with Crippen LogP contribution in [-0.2, 0) is 4.79 Å². The number of nitrogens with one attached hydrogen (secondary N) is 1. The van der Waals surface area contributed by atoms with Crippen molar-refractivity contribution >= 4 is 33.2 Å². The van der Waals surface area contributed by atoms with Crippen LogP contribution in [0.1, 0.15) is 18.5 Å². The number of fused-ring (bicyclic) bond motifs is 1. The van der Waals surface area contributed by atoms with Gasteiger partial charge in [0.25, 0.3) is 0 Å². The first kappa shape index (κ1) is 10.8. The van der Waals surface area contributed by atoms with Crippen LogP contribution < -0.4 is 5.32 Å². The van der Waals surface area contributed by atoms with Crippen molar-refractivity contribution in [3.05, 3.63) is 28.6 Å². The largest absolute Gasteiger partial charge is 0.325 e. The maximum Gasteiger partial charge on any atom is 0.227 e. The molecule has 0 saturated heterocycles. The molecule has 1 fully saturated rings. The number of nitrogens with zero attached hydrogens (tertiary/aromatic N) is 2. The quantitative estimate of drug-likeness (QED) is 0.925. The smallest absolute Gasteiger partial charge is 0.227 e. The Hall–Kier alpha value is -1.36. The van der Waals surface area contributed by atoms with Gasteiger partial charge in [-0.1, -0.05) is 0 Å². The zero-order valence-corrected chi connectivity index (χ0v) is 11.0. The first-order valence-electron chi connectivity index (χ1n) is 5.60. The summed E-state index contributed by atoms with van der Waals surface area (Å²) in [6.07, 6.45) is 3.94. The Bertz CT molecular complexity index is 601. The van der Waals surface area contributed by atoms with Gasteiger partial charge in [-0.2, -0.15) is 0 Å². The van der Waals surface area contributed by atoms with Crippen LogP contribution in [0.4, 0.5) is 5.69 Å². The van der Waals surface area contributed by atoms with Crippen LogP contribution in [0.25, 0.3) is 5.65 Å². The summed E-state index contributed by atoms with van der Waals surface area (Å²) in [5, 5.41) is 2.93. The van der Waals surface area contributed by atoms with Gasteiger partial charge in [0.15, 0.2) is 0 Å². The van der Waals surface area contributed by atoms with Crippen molar-refractivity contribution < 1.29 is 4.79 Å². The van der Waals surface area contributed by atoms with Crippen molar-refractivity contribution in [2.75, 3.05) is 5.32 Å². The van der Waals surface area contributed by atoms with E-state index in [1.807, 2.05) is 29.7 Å². The Morgan fingerprint density at radius 3 is 3.00 bits per heavy atom. The van der Waals surface area contributed by atoms with Gasteiger partial charge < -0.3 is 9.72 Å². The third-order valence-electron chi connectivity index (χ3n) is 3.02. The lowest BCUT2D eigenvalue weighted by Gasteiger charge is -2.05. The number of carbonyl (C=O) groups excluding carboxylic acids is 1. The molecule has 1 aliphatic rings. The highest BCUT2D eigenvalue weighted by atomic mass is 79.9. The number of pyridine rings is 1. The number of anilines is 1. The molecule has 1 aliphatic carbocycles. The summed E-state index contributed by atoms with van der Waals surface area (Å²) in [6, 6.07) is 3.79. The predicted molar refractivity (Wildman–Crippen MR) is 69.0 cm³/mol. The Kier molecular flexibility index (Phi) is 2.43. The summed E-state index contributed by atoms with van der Waals surface area (Å²) in [4.78, 5) is 16.0. The number of carbonyl (C=O) groups is 1. The molecule has 2 aromatic rings. The summed E-state index contributed by atoms with van der Waals surface area (Å²) in [5.41, 5.74) is 2.73. The summed E-state index contributed by atoms with van der Waals surface area (Å²) in [7, 11) is 0. The molecule has 0 bridgehead atoms. The third-order valence-corrected chi connectivity index (χ3v) is 3.77. The minimum absolute atomic E-state index is 0.126. The molecule has 2 aromatic heterocycles. The van der Waals surface area contributed by atoms with Crippen LogP contribution >= 0.6 is 15.9 Å². The molecular formula is C12H12BrN3O. The lowest BCUT2D eigenvalue weighted by Crippen LogP contribution is -2.13. The molecule has 0 unspecified atom stereocenters. The van der Waals surface area contributed by atoms with E-state index in [-0.39, 0.29) is 11.8 Å². The fraction of sp³-hybridized carbons (Fsp3) is 0.333. The molecule has 3 rings (SSSR count). The highest BCUT2D eigenvalue weighted by Crippen LogP contribution is 2.30. The Morgan fingerprint density at radius 2 is 2.29 bits per heavy atom. The van der Waals surface area contributed by atoms with E-state index in [1.54, 1.807) is 0 Å². The van der Waals surface area contributed by atoms with Gasteiger partial charge in [-0.25, -0.2) is 4.98 Å². The van der Waals surface area contributed by atoms with E-state index < -0.39 is 0 Å². The summed E-state index contributed by atoms with van der Waals surface area (Å²) >= 11 is 3.40. The van der Waals surface area contributed by atoms with E-state index in [4.69, 9.17) is 0 Å². The lowest BCUT2D eigenvalue weighted by atomic mass is 10.3. The molecule has 0 aliphatic heterocycles. The Balaban J connectivity index is 1.94. The van der Waals surface area contributed by atoms with Gasteiger partial charge >= 0.3 is 0 Å². The predicted octanol–water partition coefficient (Wildman–Crippen LogP) is 2.75. The van der Waals surface area contributed by atoms with Gasteiger partial charge in [0.1, 0.15) is 10.3 Å². The van der Waals surface area contributed by atoms with Crippen molar-refractivity contribution in [2.24, 2.45) is 5.92 Å². The normalized spacial score (nSPS) is 15.2. The van der Waals surface area contributed by atoms with Gasteiger partial charge in [-0.15, -0.1) is 0 Å². The van der Waals surface area contributed by atoms with Crippen LogP contribution in [-0.4, -0.2) is 15.3 Å². The molecule has 0 radical (unpaired) electrons. The zero-order chi connectivity index (χ0) is 12.0. The maximum absolute atomic E-state index is 11.7. The number of aromatic nitrogens is 2.